The lowest BCUT2D eigenvalue weighted by molar-refractivity contribution is -0.341. The fraction of sp³-hybridized carbons (Fsp3) is 0.417. The zero-order valence-corrected chi connectivity index (χ0v) is 65.3. The molecule has 12 fully saturated rings. The SMILES string of the molecule is C=C1CO[C@@H]2[C@@H](OCc3ccccc3)[C@@H]3O[C@H](c4ccccc4)OC[C@H]3O[C@@H]2C1.C=C1CO[C@@H]2[C@@H](OCc3ccccc3)[C@@H]3O[C@H](c4ccccc4)OC[C@H]3O[C@@H]2C1.C=C1CO[C@@H]2[C@@H](OCc3ccccc3)[C@@H]3O[C@H](c4ccccc4)OC[C@H]3O[C@@H]2C1.C=C1CO[C@@H]2[C@@H](OCc3ccccc3)[C@@H]3O[C@H](c4ccccc4)OC[C@H]3O[C@@H]2C1. The van der Waals surface area contributed by atoms with Crippen molar-refractivity contribution >= 4 is 0 Å². The van der Waals surface area contributed by atoms with Gasteiger partial charge in [-0.3, -0.25) is 0 Å². The lowest BCUT2D eigenvalue weighted by Gasteiger charge is -2.50. The molecule has 12 aliphatic heterocycles. The Morgan fingerprint density at radius 2 is 0.405 bits per heavy atom. The van der Waals surface area contributed by atoms with Crippen LogP contribution in [0, 0.1) is 0 Å². The van der Waals surface area contributed by atoms with Gasteiger partial charge < -0.3 is 94.7 Å². The molecule has 24 atom stereocenters. The molecule has 20 nitrogen and oxygen atoms in total. The molecule has 8 aromatic rings. The van der Waals surface area contributed by atoms with Crippen molar-refractivity contribution in [1.29, 1.82) is 0 Å². The van der Waals surface area contributed by atoms with E-state index in [0.717, 1.165) is 92.5 Å². The lowest BCUT2D eigenvalue weighted by Crippen LogP contribution is -2.64. The van der Waals surface area contributed by atoms with E-state index in [1.807, 2.05) is 194 Å². The van der Waals surface area contributed by atoms with Crippen LogP contribution >= 0.6 is 0 Å². The van der Waals surface area contributed by atoms with Gasteiger partial charge in [0.25, 0.3) is 0 Å². The second-order valence-electron chi connectivity index (χ2n) is 31.5. The Kier molecular flexibility index (Phi) is 26.8. The molecule has 0 aromatic heterocycles. The first-order chi connectivity index (χ1) is 57.1. The maximum Gasteiger partial charge on any atom is 0.184 e. The van der Waals surface area contributed by atoms with Gasteiger partial charge in [0, 0.05) is 22.3 Å². The number of hydrogen-bond donors (Lipinski definition) is 0. The maximum atomic E-state index is 6.41. The van der Waals surface area contributed by atoms with Crippen molar-refractivity contribution in [2.75, 3.05) is 52.9 Å². The number of benzene rings is 8. The second-order valence-corrected chi connectivity index (χ2v) is 31.5. The standard InChI is InChI=1S/4C24H26O5/c4*1-16-12-19-21(25-13-16)23(26-14-17-8-4-2-5-9-17)22-20(28-19)15-27-24(29-22)18-10-6-3-7-11-18/h4*2-11,19-24H,1,12-15H2/t4*19-,20-,21+,22-,23-,24-/m1111/s1. The van der Waals surface area contributed by atoms with E-state index < -0.39 is 25.2 Å². The summed E-state index contributed by atoms with van der Waals surface area (Å²) < 4.78 is 125. The van der Waals surface area contributed by atoms with Gasteiger partial charge in [0.05, 0.1) is 104 Å². The summed E-state index contributed by atoms with van der Waals surface area (Å²) in [5, 5.41) is 0. The van der Waals surface area contributed by atoms with Crippen molar-refractivity contribution in [1.82, 2.24) is 0 Å². The van der Waals surface area contributed by atoms with Crippen molar-refractivity contribution in [3.05, 3.63) is 336 Å². The highest BCUT2D eigenvalue weighted by molar-refractivity contribution is 5.24. The molecule has 20 rings (SSSR count). The molecule has 20 heteroatoms. The summed E-state index contributed by atoms with van der Waals surface area (Å²) in [6, 6.07) is 80.6. The van der Waals surface area contributed by atoms with Crippen molar-refractivity contribution in [2.24, 2.45) is 0 Å². The minimum absolute atomic E-state index is 0.0845. The Morgan fingerprint density at radius 3 is 0.603 bits per heavy atom. The Balaban J connectivity index is 0.000000111. The van der Waals surface area contributed by atoms with Crippen LogP contribution < -0.4 is 0 Å². The summed E-state index contributed by atoms with van der Waals surface area (Å²) >= 11 is 0. The smallest absolute Gasteiger partial charge is 0.184 e. The van der Waals surface area contributed by atoms with Crippen LogP contribution in [-0.2, 0) is 121 Å². The van der Waals surface area contributed by atoms with Gasteiger partial charge in [-0.1, -0.05) is 269 Å². The van der Waals surface area contributed by atoms with Crippen LogP contribution in [0.5, 0.6) is 0 Å². The zero-order valence-electron chi connectivity index (χ0n) is 65.3. The Morgan fingerprint density at radius 1 is 0.216 bits per heavy atom. The number of fused-ring (bicyclic) bond motifs is 8. The number of rotatable bonds is 16. The van der Waals surface area contributed by atoms with E-state index in [2.05, 4.69) is 74.8 Å². The van der Waals surface area contributed by atoms with Gasteiger partial charge in [0.2, 0.25) is 0 Å². The molecule has 0 amide bonds. The average molecular weight is 1580 g/mol. The zero-order chi connectivity index (χ0) is 78.5. The average Bonchev–Trinajstić information content (AvgIpc) is 0.780. The van der Waals surface area contributed by atoms with Gasteiger partial charge in [-0.05, 0) is 70.2 Å². The molecular weight excluding hydrogens is 1470 g/mol. The van der Waals surface area contributed by atoms with Crippen molar-refractivity contribution in [3.8, 4) is 0 Å². The van der Waals surface area contributed by atoms with Gasteiger partial charge >= 0.3 is 0 Å². The summed E-state index contributed by atoms with van der Waals surface area (Å²) in [5.74, 6) is 0. The highest BCUT2D eigenvalue weighted by Crippen LogP contribution is 2.45. The lowest BCUT2D eigenvalue weighted by atomic mass is 9.89. The highest BCUT2D eigenvalue weighted by Gasteiger charge is 2.57. The predicted molar refractivity (Wildman–Crippen MR) is 429 cm³/mol. The van der Waals surface area contributed by atoms with E-state index in [0.29, 0.717) is 79.3 Å². The Labute approximate surface area is 679 Å². The molecule has 0 radical (unpaired) electrons. The van der Waals surface area contributed by atoms with E-state index >= 15 is 0 Å². The van der Waals surface area contributed by atoms with Crippen LogP contribution in [0.2, 0.25) is 0 Å². The molecule has 116 heavy (non-hydrogen) atoms. The molecule has 608 valence electrons. The van der Waals surface area contributed by atoms with Crippen molar-refractivity contribution < 1.29 is 94.7 Å². The second kappa shape index (κ2) is 38.8. The first-order valence-corrected chi connectivity index (χ1v) is 40.8. The molecule has 0 aliphatic carbocycles. The van der Waals surface area contributed by atoms with Crippen LogP contribution in [0.15, 0.2) is 291 Å². The van der Waals surface area contributed by atoms with Crippen LogP contribution in [0.25, 0.3) is 0 Å². The van der Waals surface area contributed by atoms with Crippen LogP contribution in [-0.4, -0.2) is 175 Å². The third-order valence-electron chi connectivity index (χ3n) is 23.0. The van der Waals surface area contributed by atoms with Crippen LogP contribution in [0.3, 0.4) is 0 Å². The van der Waals surface area contributed by atoms with Crippen molar-refractivity contribution in [2.45, 2.75) is 199 Å². The summed E-state index contributed by atoms with van der Waals surface area (Å²) in [5.41, 5.74) is 12.7. The van der Waals surface area contributed by atoms with Crippen molar-refractivity contribution in [3.63, 3.8) is 0 Å². The van der Waals surface area contributed by atoms with E-state index in [-0.39, 0.29) is 122 Å². The molecule has 0 saturated carbocycles. The molecule has 8 aromatic carbocycles. The monoisotopic (exact) mass is 1580 g/mol. The normalized spacial score (nSPS) is 34.3. The molecule has 12 heterocycles. The molecule has 0 spiro atoms. The Hall–Kier alpha value is -8.08. The third kappa shape index (κ3) is 19.6. The van der Waals surface area contributed by atoms with E-state index in [1.165, 1.54) is 0 Å². The van der Waals surface area contributed by atoms with Gasteiger partial charge in [0.1, 0.15) is 97.7 Å². The fourth-order valence-corrected chi connectivity index (χ4v) is 17.3. The van der Waals surface area contributed by atoms with E-state index in [4.69, 9.17) is 94.7 Å². The van der Waals surface area contributed by atoms with Crippen LogP contribution in [0.1, 0.15) is 95.4 Å². The first-order valence-electron chi connectivity index (χ1n) is 40.8. The summed E-state index contributed by atoms with van der Waals surface area (Å²) in [7, 11) is 0. The largest absolute Gasteiger partial charge is 0.368 e. The van der Waals surface area contributed by atoms with E-state index in [9.17, 15) is 0 Å². The first kappa shape index (κ1) is 80.3. The van der Waals surface area contributed by atoms with Crippen LogP contribution in [0.4, 0.5) is 0 Å². The molecule has 0 unspecified atom stereocenters. The van der Waals surface area contributed by atoms with Gasteiger partial charge in [-0.25, -0.2) is 0 Å². The predicted octanol–water partition coefficient (Wildman–Crippen LogP) is 15.2. The van der Waals surface area contributed by atoms with Gasteiger partial charge in [-0.15, -0.1) is 0 Å². The third-order valence-corrected chi connectivity index (χ3v) is 23.0. The quantitative estimate of drug-likeness (QED) is 0.0831. The fourth-order valence-electron chi connectivity index (χ4n) is 17.3. The number of ether oxygens (including phenoxy) is 20. The number of hydrogen-bond acceptors (Lipinski definition) is 20. The molecular formula is C96H104O20. The Bertz CT molecular complexity index is 3860. The molecule has 12 aliphatic rings. The summed E-state index contributed by atoms with van der Waals surface area (Å²) in [6.07, 6.45) is -2.40. The van der Waals surface area contributed by atoms with Gasteiger partial charge in [0.15, 0.2) is 25.2 Å². The molecule has 0 N–H and O–H groups in total. The van der Waals surface area contributed by atoms with E-state index in [1.54, 1.807) is 0 Å². The highest BCUT2D eigenvalue weighted by atomic mass is 16.8. The summed E-state index contributed by atoms with van der Waals surface area (Å²) in [6.45, 7) is 22.3. The summed E-state index contributed by atoms with van der Waals surface area (Å²) in [4.78, 5) is 0. The van der Waals surface area contributed by atoms with Gasteiger partial charge in [-0.2, -0.15) is 0 Å². The topological polar surface area (TPSA) is 185 Å². The molecule has 0 bridgehead atoms. The minimum Gasteiger partial charge on any atom is -0.368 e. The minimum atomic E-state index is -0.431. The maximum absolute atomic E-state index is 6.41. The molecule has 12 saturated heterocycles.